The van der Waals surface area contributed by atoms with E-state index in [1.165, 1.54) is 5.56 Å². The Hall–Kier alpha value is -2.64. The number of aliphatic imine (C=N–C) groups is 1. The summed E-state index contributed by atoms with van der Waals surface area (Å²) < 4.78 is 10.5. The smallest absolute Gasteiger partial charge is 0.213 e. The lowest BCUT2D eigenvalue weighted by Crippen LogP contribution is -2.44. The van der Waals surface area contributed by atoms with Crippen LogP contribution in [0.25, 0.3) is 0 Å². The van der Waals surface area contributed by atoms with Crippen molar-refractivity contribution in [2.75, 3.05) is 33.9 Å². The minimum absolute atomic E-state index is 0.379. The average molecular weight is 412 g/mol. The van der Waals surface area contributed by atoms with E-state index in [0.29, 0.717) is 37.7 Å². The summed E-state index contributed by atoms with van der Waals surface area (Å²) >= 11 is 0. The van der Waals surface area contributed by atoms with Crippen LogP contribution in [0.5, 0.6) is 5.88 Å². The Morgan fingerprint density at radius 1 is 1.17 bits per heavy atom. The highest BCUT2D eigenvalue weighted by molar-refractivity contribution is 5.80. The summed E-state index contributed by atoms with van der Waals surface area (Å²) in [7, 11) is 3.46. The number of guanidine groups is 1. The Kier molecular flexibility index (Phi) is 8.47. The topological polar surface area (TPSA) is 71.0 Å². The predicted octanol–water partition coefficient (Wildman–Crippen LogP) is 2.43. The van der Waals surface area contributed by atoms with E-state index in [2.05, 4.69) is 62.8 Å². The van der Waals surface area contributed by atoms with Crippen molar-refractivity contribution >= 4 is 5.96 Å². The number of nitrogens with zero attached hydrogens (tertiary/aromatic N) is 3. The summed E-state index contributed by atoms with van der Waals surface area (Å²) in [6.45, 7) is 5.99. The van der Waals surface area contributed by atoms with E-state index in [4.69, 9.17) is 9.47 Å². The van der Waals surface area contributed by atoms with E-state index in [-0.39, 0.29) is 0 Å². The highest BCUT2D eigenvalue weighted by atomic mass is 16.5. The molecule has 162 valence electrons. The molecule has 0 radical (unpaired) electrons. The lowest BCUT2D eigenvalue weighted by Gasteiger charge is -2.21. The summed E-state index contributed by atoms with van der Waals surface area (Å²) in [4.78, 5) is 11.2. The van der Waals surface area contributed by atoms with Gasteiger partial charge in [0.1, 0.15) is 6.61 Å². The normalized spacial score (nSPS) is 19.6. The molecule has 1 aliphatic heterocycles. The second-order valence-corrected chi connectivity index (χ2v) is 7.61. The predicted molar refractivity (Wildman–Crippen MR) is 120 cm³/mol. The highest BCUT2D eigenvalue weighted by Crippen LogP contribution is 2.20. The van der Waals surface area contributed by atoms with Gasteiger partial charge in [-0.1, -0.05) is 36.4 Å². The van der Waals surface area contributed by atoms with Gasteiger partial charge in [0.05, 0.1) is 6.61 Å². The largest absolute Gasteiger partial charge is 0.475 e. The van der Waals surface area contributed by atoms with Crippen molar-refractivity contribution in [1.82, 2.24) is 20.5 Å². The van der Waals surface area contributed by atoms with E-state index in [1.54, 1.807) is 14.2 Å². The number of likely N-dealkylation sites (tertiary alicyclic amines) is 1. The Morgan fingerprint density at radius 2 is 2.00 bits per heavy atom. The molecule has 0 bridgehead atoms. The minimum Gasteiger partial charge on any atom is -0.475 e. The Labute approximate surface area is 179 Å². The number of methoxy groups -OCH3 is 1. The van der Waals surface area contributed by atoms with Gasteiger partial charge in [-0.3, -0.25) is 9.89 Å². The zero-order valence-electron chi connectivity index (χ0n) is 18.2. The van der Waals surface area contributed by atoms with Crippen LogP contribution in [0.2, 0.25) is 0 Å². The molecule has 30 heavy (non-hydrogen) atoms. The van der Waals surface area contributed by atoms with Crippen molar-refractivity contribution in [2.45, 2.75) is 38.5 Å². The molecule has 1 fully saturated rings. The quantitative estimate of drug-likeness (QED) is 0.375. The zero-order valence-corrected chi connectivity index (χ0v) is 18.2. The third-order valence-corrected chi connectivity index (χ3v) is 5.29. The Balaban J connectivity index is 1.44. The minimum atomic E-state index is 0.379. The molecule has 7 heteroatoms. The number of ether oxygens (including phenoxy) is 2. The van der Waals surface area contributed by atoms with Gasteiger partial charge < -0.3 is 20.1 Å². The van der Waals surface area contributed by atoms with Gasteiger partial charge in [-0.25, -0.2) is 4.98 Å². The third kappa shape index (κ3) is 6.71. The summed E-state index contributed by atoms with van der Waals surface area (Å²) in [5.41, 5.74) is 2.43. The van der Waals surface area contributed by atoms with Crippen LogP contribution in [0.1, 0.15) is 24.5 Å². The lowest BCUT2D eigenvalue weighted by molar-refractivity contribution is 0.143. The van der Waals surface area contributed by atoms with Gasteiger partial charge in [0.2, 0.25) is 5.88 Å². The van der Waals surface area contributed by atoms with Crippen molar-refractivity contribution in [3.8, 4) is 5.88 Å². The van der Waals surface area contributed by atoms with Gasteiger partial charge in [-0.2, -0.15) is 0 Å². The van der Waals surface area contributed by atoms with E-state index >= 15 is 0 Å². The summed E-state index contributed by atoms with van der Waals surface area (Å²) in [5.74, 6) is 1.42. The van der Waals surface area contributed by atoms with Crippen molar-refractivity contribution in [2.24, 2.45) is 4.99 Å². The number of rotatable bonds is 9. The Bertz CT molecular complexity index is 782. The molecule has 7 nitrogen and oxygen atoms in total. The van der Waals surface area contributed by atoms with Crippen LogP contribution in [-0.2, 0) is 17.8 Å². The SMILES string of the molecule is CN=C(NCc1ccc(OCCOC)nc1)NC1CC(C)N(Cc2ccccc2)C1. The Morgan fingerprint density at radius 3 is 2.70 bits per heavy atom. The monoisotopic (exact) mass is 411 g/mol. The molecule has 0 aliphatic carbocycles. The first-order valence-corrected chi connectivity index (χ1v) is 10.5. The fourth-order valence-corrected chi connectivity index (χ4v) is 3.65. The highest BCUT2D eigenvalue weighted by Gasteiger charge is 2.29. The van der Waals surface area contributed by atoms with Crippen molar-refractivity contribution < 1.29 is 9.47 Å². The van der Waals surface area contributed by atoms with Gasteiger partial charge in [-0.15, -0.1) is 0 Å². The molecule has 2 aromatic rings. The van der Waals surface area contributed by atoms with Gasteiger partial charge in [0, 0.05) is 58.1 Å². The maximum absolute atomic E-state index is 5.50. The van der Waals surface area contributed by atoms with E-state index in [0.717, 1.165) is 31.0 Å². The fourth-order valence-electron chi connectivity index (χ4n) is 3.65. The second-order valence-electron chi connectivity index (χ2n) is 7.61. The van der Waals surface area contributed by atoms with Gasteiger partial charge in [0.15, 0.2) is 5.96 Å². The summed E-state index contributed by atoms with van der Waals surface area (Å²) in [6.07, 6.45) is 2.92. The molecule has 2 heterocycles. The number of aromatic nitrogens is 1. The number of hydrogen-bond acceptors (Lipinski definition) is 5. The van der Waals surface area contributed by atoms with Gasteiger partial charge in [-0.05, 0) is 24.5 Å². The molecule has 3 rings (SSSR count). The number of pyridine rings is 1. The molecule has 2 N–H and O–H groups in total. The van der Waals surface area contributed by atoms with Crippen LogP contribution < -0.4 is 15.4 Å². The molecule has 0 saturated carbocycles. The van der Waals surface area contributed by atoms with Gasteiger partial charge in [0.25, 0.3) is 0 Å². The summed E-state index contributed by atoms with van der Waals surface area (Å²) in [5, 5.41) is 6.95. The maximum Gasteiger partial charge on any atom is 0.213 e. The first-order chi connectivity index (χ1) is 14.7. The number of benzene rings is 1. The molecular weight excluding hydrogens is 378 g/mol. The van der Waals surface area contributed by atoms with Crippen molar-refractivity contribution in [3.05, 3.63) is 59.8 Å². The van der Waals surface area contributed by atoms with E-state index in [9.17, 15) is 0 Å². The van der Waals surface area contributed by atoms with Crippen molar-refractivity contribution in [1.29, 1.82) is 0 Å². The molecule has 2 atom stereocenters. The van der Waals surface area contributed by atoms with Crippen LogP contribution in [0.3, 0.4) is 0 Å². The van der Waals surface area contributed by atoms with Crippen LogP contribution in [-0.4, -0.2) is 61.8 Å². The molecule has 1 aromatic heterocycles. The first-order valence-electron chi connectivity index (χ1n) is 10.5. The first kappa shape index (κ1) is 22.1. The fraction of sp³-hybridized carbons (Fsp3) is 0.478. The number of nitrogens with one attached hydrogen (secondary N) is 2. The molecule has 0 spiro atoms. The van der Waals surface area contributed by atoms with E-state index in [1.807, 2.05) is 18.3 Å². The van der Waals surface area contributed by atoms with Crippen LogP contribution >= 0.6 is 0 Å². The standard InChI is InChI=1S/C23H33N5O2/c1-18-13-21(17-28(18)16-19-7-5-4-6-8-19)27-23(24-2)26-15-20-9-10-22(25-14-20)30-12-11-29-3/h4-10,14,18,21H,11-13,15-17H2,1-3H3,(H2,24,26,27). The molecule has 1 aliphatic rings. The van der Waals surface area contributed by atoms with Crippen LogP contribution in [0.15, 0.2) is 53.7 Å². The third-order valence-electron chi connectivity index (χ3n) is 5.29. The molecular formula is C23H33N5O2. The average Bonchev–Trinajstić information content (AvgIpc) is 3.11. The molecule has 2 unspecified atom stereocenters. The van der Waals surface area contributed by atoms with Crippen LogP contribution in [0.4, 0.5) is 0 Å². The van der Waals surface area contributed by atoms with Crippen molar-refractivity contribution in [3.63, 3.8) is 0 Å². The number of hydrogen-bond donors (Lipinski definition) is 2. The second kappa shape index (κ2) is 11.5. The molecule has 1 saturated heterocycles. The van der Waals surface area contributed by atoms with Gasteiger partial charge >= 0.3 is 0 Å². The molecule has 0 amide bonds. The maximum atomic E-state index is 5.50. The van der Waals surface area contributed by atoms with E-state index < -0.39 is 0 Å². The zero-order chi connectivity index (χ0) is 21.2. The molecule has 1 aromatic carbocycles. The lowest BCUT2D eigenvalue weighted by atomic mass is 10.2. The van der Waals surface area contributed by atoms with Crippen LogP contribution in [0, 0.1) is 0 Å². The summed E-state index contributed by atoms with van der Waals surface area (Å²) in [6, 6.07) is 15.5.